The molecule has 20 heteroatoms. The highest BCUT2D eigenvalue weighted by Crippen LogP contribution is 2.39. The molecule has 0 spiro atoms. The summed E-state index contributed by atoms with van der Waals surface area (Å²) in [5.41, 5.74) is -0.882. The summed E-state index contributed by atoms with van der Waals surface area (Å²) in [6.07, 6.45) is -26.1. The average molecular weight is 771 g/mol. The maximum absolute atomic E-state index is 14.1. The van der Waals surface area contributed by atoms with Crippen LogP contribution in [-0.4, -0.2) is 167 Å². The van der Waals surface area contributed by atoms with Gasteiger partial charge in [-0.15, -0.1) is 0 Å². The first-order valence-electron chi connectivity index (χ1n) is 16.8. The van der Waals surface area contributed by atoms with Crippen molar-refractivity contribution in [3.05, 3.63) is 46.1 Å². The molecule has 0 amide bonds. The van der Waals surface area contributed by atoms with Crippen LogP contribution in [0.1, 0.15) is 12.5 Å². The minimum absolute atomic E-state index is 0.119. The van der Waals surface area contributed by atoms with E-state index in [4.69, 9.17) is 32.8 Å². The number of aliphatic hydroxyl groups is 9. The molecular weight excluding hydrogens is 728 g/mol. The average Bonchev–Trinajstić information content (AvgIpc) is 3.13. The van der Waals surface area contributed by atoms with Gasteiger partial charge in [0.25, 0.3) is 0 Å². The van der Waals surface area contributed by atoms with Crippen molar-refractivity contribution in [1.29, 1.82) is 0 Å². The van der Waals surface area contributed by atoms with E-state index in [9.17, 15) is 66.1 Å². The lowest BCUT2D eigenvalue weighted by atomic mass is 9.97. The Balaban J connectivity index is 1.40. The number of aromatic hydroxyl groups is 3. The van der Waals surface area contributed by atoms with Gasteiger partial charge in [0, 0.05) is 17.7 Å². The molecule has 0 saturated carbocycles. The molecule has 0 bridgehead atoms. The molecule has 54 heavy (non-hydrogen) atoms. The first-order valence-corrected chi connectivity index (χ1v) is 16.8. The van der Waals surface area contributed by atoms with Gasteiger partial charge in [0.05, 0.1) is 19.3 Å². The number of aliphatic hydroxyl groups excluding tert-OH is 9. The molecule has 2 aromatic carbocycles. The minimum atomic E-state index is -2.06. The van der Waals surface area contributed by atoms with Crippen molar-refractivity contribution in [2.24, 2.45) is 0 Å². The molecule has 3 aromatic rings. The molecule has 3 aliphatic rings. The van der Waals surface area contributed by atoms with E-state index >= 15 is 0 Å². The number of aryl methyl sites for hydroxylation is 1. The van der Waals surface area contributed by atoms with E-state index in [2.05, 4.69) is 0 Å². The van der Waals surface area contributed by atoms with Crippen LogP contribution >= 0.6 is 0 Å². The number of hydrogen-bond acceptors (Lipinski definition) is 20. The number of ether oxygens (including phenoxy) is 6. The Labute approximate surface area is 304 Å². The third-order valence-electron chi connectivity index (χ3n) is 9.63. The monoisotopic (exact) mass is 770 g/mol. The van der Waals surface area contributed by atoms with Gasteiger partial charge < -0.3 is 94.1 Å². The summed E-state index contributed by atoms with van der Waals surface area (Å²) < 4.78 is 40.2. The van der Waals surface area contributed by atoms with E-state index in [1.807, 2.05) is 0 Å². The number of phenols is 3. The van der Waals surface area contributed by atoms with E-state index in [-0.39, 0.29) is 22.7 Å². The molecule has 6 rings (SSSR count). The van der Waals surface area contributed by atoms with Gasteiger partial charge in [-0.3, -0.25) is 4.79 Å². The zero-order chi connectivity index (χ0) is 39.3. The Morgan fingerprint density at radius 1 is 0.704 bits per heavy atom. The molecule has 15 atom stereocenters. The van der Waals surface area contributed by atoms with Gasteiger partial charge in [-0.25, -0.2) is 0 Å². The van der Waals surface area contributed by atoms with E-state index in [0.717, 1.165) is 12.1 Å². The third kappa shape index (κ3) is 7.46. The molecule has 6 unspecified atom stereocenters. The second-order valence-electron chi connectivity index (χ2n) is 13.4. The van der Waals surface area contributed by atoms with Crippen molar-refractivity contribution >= 4 is 11.0 Å². The van der Waals surface area contributed by atoms with Crippen molar-refractivity contribution in [2.45, 2.75) is 106 Å². The molecule has 3 saturated heterocycles. The fourth-order valence-corrected chi connectivity index (χ4v) is 6.44. The first-order chi connectivity index (χ1) is 25.5. The van der Waals surface area contributed by atoms with E-state index in [1.54, 1.807) is 6.92 Å². The van der Waals surface area contributed by atoms with Crippen molar-refractivity contribution in [3.63, 3.8) is 0 Å². The molecule has 298 valence electrons. The second-order valence-corrected chi connectivity index (χ2v) is 13.4. The molecular formula is C34H42O20. The highest BCUT2D eigenvalue weighted by atomic mass is 16.8. The summed E-state index contributed by atoms with van der Waals surface area (Å²) in [6, 6.07) is 5.96. The summed E-state index contributed by atoms with van der Waals surface area (Å²) in [6.45, 7) is 1.40. The van der Waals surface area contributed by atoms with Crippen LogP contribution in [0.5, 0.6) is 23.0 Å². The van der Waals surface area contributed by atoms with Crippen molar-refractivity contribution in [3.8, 4) is 34.3 Å². The summed E-state index contributed by atoms with van der Waals surface area (Å²) in [5.74, 6) is -2.33. The fourth-order valence-electron chi connectivity index (χ4n) is 6.44. The Kier molecular flexibility index (Phi) is 11.7. The molecule has 12 N–H and O–H groups in total. The molecule has 3 aliphatic heterocycles. The molecule has 20 nitrogen and oxygen atoms in total. The predicted octanol–water partition coefficient (Wildman–Crippen LogP) is -3.26. The third-order valence-corrected chi connectivity index (χ3v) is 9.63. The Bertz CT molecular complexity index is 1850. The maximum atomic E-state index is 14.1. The fraction of sp³-hybridized carbons (Fsp3) is 0.559. The minimum Gasteiger partial charge on any atom is -0.508 e. The van der Waals surface area contributed by atoms with Gasteiger partial charge in [-0.2, -0.15) is 0 Å². The summed E-state index contributed by atoms with van der Waals surface area (Å²) in [5, 5.41) is 125. The van der Waals surface area contributed by atoms with E-state index < -0.39 is 133 Å². The largest absolute Gasteiger partial charge is 0.508 e. The lowest BCUT2D eigenvalue weighted by Crippen LogP contribution is -2.65. The summed E-state index contributed by atoms with van der Waals surface area (Å²) >= 11 is 0. The molecule has 4 heterocycles. The van der Waals surface area contributed by atoms with E-state index in [1.165, 1.54) is 25.1 Å². The van der Waals surface area contributed by atoms with Crippen molar-refractivity contribution in [2.75, 3.05) is 13.2 Å². The Morgan fingerprint density at radius 2 is 1.35 bits per heavy atom. The van der Waals surface area contributed by atoms with Gasteiger partial charge in [0.1, 0.15) is 89.3 Å². The van der Waals surface area contributed by atoms with Crippen LogP contribution in [0.15, 0.2) is 39.5 Å². The Hall–Kier alpha value is -3.71. The lowest BCUT2D eigenvalue weighted by molar-refractivity contribution is -0.362. The normalized spacial score (nSPS) is 37.4. The van der Waals surface area contributed by atoms with Crippen LogP contribution in [-0.2, 0) is 23.7 Å². The zero-order valence-corrected chi connectivity index (χ0v) is 28.6. The second kappa shape index (κ2) is 15.8. The van der Waals surface area contributed by atoms with Crippen LogP contribution in [0.4, 0.5) is 0 Å². The summed E-state index contributed by atoms with van der Waals surface area (Å²) in [7, 11) is 0. The predicted molar refractivity (Wildman–Crippen MR) is 176 cm³/mol. The zero-order valence-electron chi connectivity index (χ0n) is 28.6. The SMILES string of the molecule is Cc1cc(-c2oc3cc(O)cc(O)c3c(=O)c2O[C@@H]2OC(CO[C@@H]3OC(C)[C@H](O)[C@H](O)C3O)[C@@H](O)[C@@H](O)C2O[C@@H]2OC(CO)[C@@H](O)[C@@H](O)C2O)ccc1O. The Morgan fingerprint density at radius 3 is 2.04 bits per heavy atom. The topological polar surface area (TPSA) is 328 Å². The number of rotatable bonds is 9. The van der Waals surface area contributed by atoms with Gasteiger partial charge in [-0.1, -0.05) is 0 Å². The van der Waals surface area contributed by atoms with Crippen molar-refractivity contribution < 1.29 is 94.1 Å². The number of phenolic OH excluding ortho intramolecular Hbond substituents is 3. The van der Waals surface area contributed by atoms with E-state index in [0.29, 0.717) is 5.56 Å². The highest BCUT2D eigenvalue weighted by molar-refractivity contribution is 5.88. The van der Waals surface area contributed by atoms with Crippen LogP contribution in [0.25, 0.3) is 22.3 Å². The van der Waals surface area contributed by atoms with Gasteiger partial charge >= 0.3 is 0 Å². The maximum Gasteiger partial charge on any atom is 0.239 e. The lowest BCUT2D eigenvalue weighted by Gasteiger charge is -2.46. The van der Waals surface area contributed by atoms with Crippen molar-refractivity contribution in [1.82, 2.24) is 0 Å². The number of fused-ring (bicyclic) bond motifs is 1. The quantitative estimate of drug-likeness (QED) is 0.102. The van der Waals surface area contributed by atoms with Crippen LogP contribution in [0, 0.1) is 6.92 Å². The molecule has 3 fully saturated rings. The van der Waals surface area contributed by atoms with Crippen LogP contribution in [0.2, 0.25) is 0 Å². The number of benzene rings is 2. The van der Waals surface area contributed by atoms with Gasteiger partial charge in [0.15, 0.2) is 24.4 Å². The standard InChI is InChI=1S/C34H42O20/c1-10-5-12(3-4-14(10)37)29-30(23(42)19-15(38)6-13(36)7-16(19)50-29)53-34-31(54-33-28(47)25(44)21(40)17(8-35)51-33)26(45)22(41)18(52-34)9-48-32-27(46)24(43)20(39)11(2)49-32/h3-7,11,17-18,20-22,24-28,31-41,43-47H,8-9H2,1-2H3/t11?,17?,18?,20-,21+,22+,24-,25+,26+,27?,28?,31?,32+,33-,34-/m0/s1. The van der Waals surface area contributed by atoms with Crippen LogP contribution in [0.3, 0.4) is 0 Å². The molecule has 1 aromatic heterocycles. The van der Waals surface area contributed by atoms with Gasteiger partial charge in [0.2, 0.25) is 17.5 Å². The highest BCUT2D eigenvalue weighted by Gasteiger charge is 2.52. The number of hydrogen-bond donors (Lipinski definition) is 12. The first kappa shape index (κ1) is 40.0. The smallest absolute Gasteiger partial charge is 0.239 e. The van der Waals surface area contributed by atoms with Gasteiger partial charge in [-0.05, 0) is 37.6 Å². The van der Waals surface area contributed by atoms with Crippen LogP contribution < -0.4 is 10.2 Å². The molecule has 0 aliphatic carbocycles. The molecule has 0 radical (unpaired) electrons. The summed E-state index contributed by atoms with van der Waals surface area (Å²) in [4.78, 5) is 14.1.